The molecule has 2 aromatic carbocycles. The minimum atomic E-state index is -4.58. The maximum atomic E-state index is 13.8. The Bertz CT molecular complexity index is 1620. The van der Waals surface area contributed by atoms with Gasteiger partial charge in [-0.3, -0.25) is 18.9 Å². The minimum Gasteiger partial charge on any atom is -0.322 e. The van der Waals surface area contributed by atoms with Crippen molar-refractivity contribution in [1.82, 2.24) is 19.2 Å². The van der Waals surface area contributed by atoms with Crippen molar-refractivity contribution in [1.29, 1.82) is 0 Å². The van der Waals surface area contributed by atoms with E-state index in [0.717, 1.165) is 43.9 Å². The number of alkyl halides is 3. The first-order valence-electron chi connectivity index (χ1n) is 13.5. The lowest BCUT2D eigenvalue weighted by Crippen LogP contribution is -2.43. The monoisotopic (exact) mass is 562 g/mol. The Kier molecular flexibility index (Phi) is 7.00. The van der Waals surface area contributed by atoms with Gasteiger partial charge in [0.2, 0.25) is 0 Å². The summed E-state index contributed by atoms with van der Waals surface area (Å²) < 4.78 is 43.0. The van der Waals surface area contributed by atoms with Crippen LogP contribution in [-0.4, -0.2) is 70.8 Å². The van der Waals surface area contributed by atoms with Crippen molar-refractivity contribution in [2.45, 2.75) is 19.1 Å². The maximum Gasteiger partial charge on any atom is 0.416 e. The number of nitrogens with one attached hydrogen (secondary N) is 1. The molecule has 2 aliphatic rings. The first-order chi connectivity index (χ1) is 19.7. The number of fused-ring (bicyclic) bond motifs is 2. The first kappa shape index (κ1) is 27.0. The SMILES string of the molecule is CN1CCN(Cc2cc(C(=O)Nc3ccc4c(c3)N(C(=O)c3cnc5ccccn35)CC4)cc(C(F)(F)F)c2)CC1. The van der Waals surface area contributed by atoms with Gasteiger partial charge >= 0.3 is 6.18 Å². The molecule has 0 radical (unpaired) electrons. The number of likely N-dealkylation sites (N-methyl/N-ethyl adjacent to an activating group) is 1. The zero-order chi connectivity index (χ0) is 28.7. The van der Waals surface area contributed by atoms with E-state index in [1.54, 1.807) is 27.6 Å². The summed E-state index contributed by atoms with van der Waals surface area (Å²) in [6, 6.07) is 14.2. The molecule has 2 aliphatic heterocycles. The number of anilines is 2. The summed E-state index contributed by atoms with van der Waals surface area (Å²) >= 11 is 0. The number of carbonyl (C=O) groups is 2. The van der Waals surface area contributed by atoms with E-state index in [1.165, 1.54) is 12.3 Å². The molecule has 4 heterocycles. The summed E-state index contributed by atoms with van der Waals surface area (Å²) in [5, 5.41) is 2.75. The largest absolute Gasteiger partial charge is 0.416 e. The molecule has 212 valence electrons. The molecule has 8 nitrogen and oxygen atoms in total. The molecule has 0 atom stereocenters. The predicted molar refractivity (Wildman–Crippen MR) is 149 cm³/mol. The Morgan fingerprint density at radius 2 is 1.78 bits per heavy atom. The highest BCUT2D eigenvalue weighted by molar-refractivity contribution is 6.08. The van der Waals surface area contributed by atoms with Gasteiger partial charge in [0.25, 0.3) is 11.8 Å². The second-order valence-electron chi connectivity index (χ2n) is 10.6. The van der Waals surface area contributed by atoms with Gasteiger partial charge in [-0.05, 0) is 67.1 Å². The fourth-order valence-electron chi connectivity index (χ4n) is 5.44. The summed E-state index contributed by atoms with van der Waals surface area (Å²) in [6.45, 7) is 3.95. The van der Waals surface area contributed by atoms with Crippen LogP contribution in [-0.2, 0) is 19.1 Å². The summed E-state index contributed by atoms with van der Waals surface area (Å²) in [5.74, 6) is -0.870. The van der Waals surface area contributed by atoms with Crippen LogP contribution in [0.5, 0.6) is 0 Å². The second-order valence-corrected chi connectivity index (χ2v) is 10.6. The van der Waals surface area contributed by atoms with E-state index in [9.17, 15) is 22.8 Å². The highest BCUT2D eigenvalue weighted by Crippen LogP contribution is 2.34. The van der Waals surface area contributed by atoms with E-state index in [1.807, 2.05) is 31.3 Å². The molecule has 1 fully saturated rings. The number of rotatable bonds is 5. The Labute approximate surface area is 235 Å². The Morgan fingerprint density at radius 1 is 0.976 bits per heavy atom. The van der Waals surface area contributed by atoms with Gasteiger partial charge in [0.1, 0.15) is 11.3 Å². The van der Waals surface area contributed by atoms with Crippen LogP contribution in [0.25, 0.3) is 5.65 Å². The number of carbonyl (C=O) groups excluding carboxylic acids is 2. The standard InChI is InChI=1S/C30H29F3N6O2/c1-36-10-12-37(13-11-36)19-20-14-22(16-23(15-20)30(31,32)33)28(40)35-24-6-5-21-7-9-39(25(21)17-24)29(41)26-18-34-27-4-2-3-8-38(26)27/h2-6,8,14-18H,7,9-13,19H2,1H3,(H,35,40). The molecule has 0 saturated carbocycles. The molecule has 11 heteroatoms. The van der Waals surface area contributed by atoms with Crippen molar-refractivity contribution < 1.29 is 22.8 Å². The number of hydrogen-bond acceptors (Lipinski definition) is 5. The van der Waals surface area contributed by atoms with Gasteiger partial charge in [-0.15, -0.1) is 0 Å². The number of amides is 2. The zero-order valence-electron chi connectivity index (χ0n) is 22.5. The lowest BCUT2D eigenvalue weighted by molar-refractivity contribution is -0.137. The number of nitrogens with zero attached hydrogens (tertiary/aromatic N) is 5. The molecule has 4 aromatic rings. The number of imidazole rings is 1. The predicted octanol–water partition coefficient (Wildman–Crippen LogP) is 4.56. The maximum absolute atomic E-state index is 13.8. The van der Waals surface area contributed by atoms with Crippen molar-refractivity contribution in [2.24, 2.45) is 0 Å². The van der Waals surface area contributed by atoms with Gasteiger partial charge in [0.05, 0.1) is 11.8 Å². The summed E-state index contributed by atoms with van der Waals surface area (Å²) in [6.07, 6.45) is -0.625. The van der Waals surface area contributed by atoms with E-state index in [0.29, 0.717) is 47.8 Å². The fraction of sp³-hybridized carbons (Fsp3) is 0.300. The number of halogens is 3. The lowest BCUT2D eigenvalue weighted by Gasteiger charge is -2.32. The Balaban J connectivity index is 1.24. The molecule has 6 rings (SSSR count). The number of piperazine rings is 1. The number of benzene rings is 2. The molecule has 0 bridgehead atoms. The van der Waals surface area contributed by atoms with Crippen LogP contribution in [0.1, 0.15) is 37.5 Å². The van der Waals surface area contributed by atoms with Crippen molar-refractivity contribution in [2.75, 3.05) is 50.0 Å². The highest BCUT2D eigenvalue weighted by Gasteiger charge is 2.32. The Morgan fingerprint density at radius 3 is 2.56 bits per heavy atom. The minimum absolute atomic E-state index is 0.0666. The molecule has 1 saturated heterocycles. The quantitative estimate of drug-likeness (QED) is 0.386. The van der Waals surface area contributed by atoms with Crippen molar-refractivity contribution in [3.63, 3.8) is 0 Å². The van der Waals surface area contributed by atoms with Crippen molar-refractivity contribution in [3.05, 3.63) is 94.9 Å². The third-order valence-electron chi connectivity index (χ3n) is 7.70. The van der Waals surface area contributed by atoms with Gasteiger partial charge in [-0.25, -0.2) is 4.98 Å². The molecule has 2 amide bonds. The van der Waals surface area contributed by atoms with Crippen LogP contribution in [0.3, 0.4) is 0 Å². The number of hydrogen-bond donors (Lipinski definition) is 1. The fourth-order valence-corrected chi connectivity index (χ4v) is 5.44. The van der Waals surface area contributed by atoms with Crippen LogP contribution >= 0.6 is 0 Å². The first-order valence-corrected chi connectivity index (χ1v) is 13.5. The normalized spacial score (nSPS) is 16.2. The highest BCUT2D eigenvalue weighted by atomic mass is 19.4. The van der Waals surface area contributed by atoms with Gasteiger partial charge in [0, 0.05) is 62.4 Å². The van der Waals surface area contributed by atoms with Gasteiger partial charge in [0.15, 0.2) is 0 Å². The third kappa shape index (κ3) is 5.55. The third-order valence-corrected chi connectivity index (χ3v) is 7.70. The lowest BCUT2D eigenvalue weighted by atomic mass is 10.0. The van der Waals surface area contributed by atoms with Crippen LogP contribution in [0, 0.1) is 0 Å². The molecular formula is C30H29F3N6O2. The Hall–Kier alpha value is -4.22. The zero-order valence-corrected chi connectivity index (χ0v) is 22.5. The second kappa shape index (κ2) is 10.6. The average molecular weight is 563 g/mol. The number of pyridine rings is 1. The molecule has 0 aliphatic carbocycles. The van der Waals surface area contributed by atoms with Gasteiger partial charge in [-0.2, -0.15) is 13.2 Å². The summed E-state index contributed by atoms with van der Waals surface area (Å²) in [7, 11) is 2.01. The summed E-state index contributed by atoms with van der Waals surface area (Å²) in [4.78, 5) is 36.9. The molecule has 0 unspecified atom stereocenters. The molecular weight excluding hydrogens is 533 g/mol. The van der Waals surface area contributed by atoms with E-state index >= 15 is 0 Å². The van der Waals surface area contributed by atoms with E-state index < -0.39 is 17.6 Å². The molecule has 1 N–H and O–H groups in total. The number of aromatic nitrogens is 2. The van der Waals surface area contributed by atoms with E-state index in [4.69, 9.17) is 0 Å². The van der Waals surface area contributed by atoms with E-state index in [2.05, 4.69) is 20.1 Å². The molecule has 41 heavy (non-hydrogen) atoms. The van der Waals surface area contributed by atoms with Crippen LogP contribution in [0.15, 0.2) is 67.0 Å². The smallest absolute Gasteiger partial charge is 0.322 e. The molecule has 2 aromatic heterocycles. The van der Waals surface area contributed by atoms with Gasteiger partial charge < -0.3 is 15.1 Å². The van der Waals surface area contributed by atoms with Gasteiger partial charge in [-0.1, -0.05) is 12.1 Å². The molecule has 0 spiro atoms. The van der Waals surface area contributed by atoms with Crippen molar-refractivity contribution >= 4 is 28.8 Å². The summed E-state index contributed by atoms with van der Waals surface area (Å²) in [5.41, 5.74) is 2.58. The van der Waals surface area contributed by atoms with Crippen molar-refractivity contribution in [3.8, 4) is 0 Å². The topological polar surface area (TPSA) is 73.2 Å². The van der Waals surface area contributed by atoms with Crippen LogP contribution in [0.2, 0.25) is 0 Å². The van der Waals surface area contributed by atoms with Crippen LogP contribution < -0.4 is 10.2 Å². The van der Waals surface area contributed by atoms with Crippen LogP contribution in [0.4, 0.5) is 24.5 Å². The van der Waals surface area contributed by atoms with E-state index in [-0.39, 0.29) is 11.5 Å². The average Bonchev–Trinajstić information content (AvgIpc) is 3.58.